The summed E-state index contributed by atoms with van der Waals surface area (Å²) in [6, 6.07) is 7.63. The summed E-state index contributed by atoms with van der Waals surface area (Å²) in [5.74, 6) is 5.37. The van der Waals surface area contributed by atoms with Gasteiger partial charge in [0.15, 0.2) is 5.60 Å². The molecule has 16 aliphatic rings. The van der Waals surface area contributed by atoms with Crippen LogP contribution in [0.2, 0.25) is 0 Å². The molecule has 1 unspecified atom stereocenters. The highest BCUT2D eigenvalue weighted by atomic mass is 16.6. The third-order valence-electron chi connectivity index (χ3n) is 21.9. The Kier molecular flexibility index (Phi) is 9.38. The molecule has 14 atom stereocenters. The molecule has 3 saturated heterocycles. The van der Waals surface area contributed by atoms with E-state index in [0.29, 0.717) is 60.1 Å². The number of hydrogen-bond acceptors (Lipinski definition) is 7. The normalized spacial score (nSPS) is 46.0. The maximum absolute atomic E-state index is 16.3. The number of ether oxygens (including phenoxy) is 2. The molecule has 3 spiro atoms. The second kappa shape index (κ2) is 14.9. The van der Waals surface area contributed by atoms with Crippen LogP contribution >= 0.6 is 0 Å². The first-order chi connectivity index (χ1) is 31.9. The number of carbonyl (C=O) groups excluding carboxylic acids is 2. The molecular weight excluding hydrogens is 803 g/mol. The monoisotopic (exact) mass is 878 g/mol. The zero-order valence-electron chi connectivity index (χ0n) is 39.4. The van der Waals surface area contributed by atoms with Crippen molar-refractivity contribution in [2.75, 3.05) is 26.2 Å². The molecule has 17 rings (SSSR count). The van der Waals surface area contributed by atoms with Gasteiger partial charge in [0.2, 0.25) is 0 Å². The van der Waals surface area contributed by atoms with Gasteiger partial charge in [-0.1, -0.05) is 99.8 Å². The summed E-state index contributed by atoms with van der Waals surface area (Å²) in [6.45, 7) is 6.77. The number of nitrogens with two attached hydrogens (primary N) is 1. The summed E-state index contributed by atoms with van der Waals surface area (Å²) in [4.78, 5) is 37.4. The Balaban J connectivity index is 1.03. The summed E-state index contributed by atoms with van der Waals surface area (Å²) in [5.41, 5.74) is 13.0. The van der Waals surface area contributed by atoms with Crippen LogP contribution in [0.25, 0.3) is 0 Å². The van der Waals surface area contributed by atoms with Gasteiger partial charge < -0.3 is 20.1 Å². The van der Waals surface area contributed by atoms with Crippen LogP contribution in [-0.2, 0) is 26.3 Å². The molecule has 6 fully saturated rings. The van der Waals surface area contributed by atoms with E-state index >= 15 is 9.59 Å². The number of esters is 2. The number of allylic oxidation sites excluding steroid dienone is 4. The van der Waals surface area contributed by atoms with E-state index in [4.69, 9.17) is 15.2 Å². The molecule has 0 amide bonds. The summed E-state index contributed by atoms with van der Waals surface area (Å²) < 4.78 is 14.7. The van der Waals surface area contributed by atoms with Crippen LogP contribution in [0.3, 0.4) is 0 Å². The molecule has 3 saturated carbocycles. The van der Waals surface area contributed by atoms with Crippen molar-refractivity contribution in [1.29, 1.82) is 0 Å². The number of rotatable bonds is 6. The van der Waals surface area contributed by atoms with Crippen LogP contribution in [0.15, 0.2) is 64.6 Å². The summed E-state index contributed by atoms with van der Waals surface area (Å²) in [7, 11) is 0. The molecule has 1 aromatic rings. The fourth-order valence-electron chi connectivity index (χ4n) is 19.7. The van der Waals surface area contributed by atoms with Gasteiger partial charge in [-0.3, -0.25) is 9.69 Å². The van der Waals surface area contributed by atoms with E-state index in [-0.39, 0.29) is 23.8 Å². The van der Waals surface area contributed by atoms with E-state index in [1.807, 2.05) is 0 Å². The van der Waals surface area contributed by atoms with Crippen LogP contribution in [0.4, 0.5) is 0 Å². The first-order valence-electron chi connectivity index (χ1n) is 27.5. The van der Waals surface area contributed by atoms with Gasteiger partial charge in [-0.25, -0.2) is 4.79 Å². The Morgan fingerprint density at radius 3 is 2.58 bits per heavy atom. The minimum absolute atomic E-state index is 0.00550. The molecular formula is C58H75N3O4. The molecule has 65 heavy (non-hydrogen) atoms. The van der Waals surface area contributed by atoms with E-state index in [1.54, 1.807) is 16.8 Å². The Bertz CT molecular complexity index is 2310. The van der Waals surface area contributed by atoms with E-state index in [0.717, 1.165) is 73.3 Å². The van der Waals surface area contributed by atoms with Gasteiger partial charge in [0.25, 0.3) is 0 Å². The maximum atomic E-state index is 16.3. The second-order valence-corrected chi connectivity index (χ2v) is 24.6. The molecule has 0 radical (unpaired) electrons. The minimum atomic E-state index is -0.956. The van der Waals surface area contributed by atoms with Crippen LogP contribution in [0.1, 0.15) is 163 Å². The van der Waals surface area contributed by atoms with E-state index < -0.39 is 16.4 Å². The van der Waals surface area contributed by atoms with Gasteiger partial charge in [0, 0.05) is 54.8 Å². The second-order valence-electron chi connectivity index (χ2n) is 24.6. The van der Waals surface area contributed by atoms with Gasteiger partial charge in [-0.2, -0.15) is 0 Å². The molecule has 7 nitrogen and oxygen atoms in total. The van der Waals surface area contributed by atoms with Crippen molar-refractivity contribution < 1.29 is 19.1 Å². The molecule has 1 aromatic carbocycles. The van der Waals surface area contributed by atoms with Crippen molar-refractivity contribution in [3.63, 3.8) is 0 Å². The lowest BCUT2D eigenvalue weighted by Gasteiger charge is -2.73. The lowest BCUT2D eigenvalue weighted by Crippen LogP contribution is -2.78. The van der Waals surface area contributed by atoms with Gasteiger partial charge >= 0.3 is 11.9 Å². The molecule has 7 heteroatoms. The third-order valence-corrected chi connectivity index (χ3v) is 21.9. The number of benzene rings is 1. The van der Waals surface area contributed by atoms with Crippen molar-refractivity contribution in [2.24, 2.45) is 75.7 Å². The van der Waals surface area contributed by atoms with Crippen molar-refractivity contribution in [3.8, 4) is 0 Å². The highest BCUT2D eigenvalue weighted by Crippen LogP contribution is 2.88. The average Bonchev–Trinajstić information content (AvgIpc) is 3.77. The Hall–Kier alpha value is -3.16. The molecule has 2 N–H and O–H groups in total. The van der Waals surface area contributed by atoms with Crippen molar-refractivity contribution in [1.82, 2.24) is 9.80 Å². The molecule has 346 valence electrons. The standard InChI is InChI=1S/C58H75N3O4/c1-34-26-41-19-21-47-42-27-36-31-60(33-42)43(28-35-10-4-2-5-11-35)20-22-49-56-24-23-44-51(53(41)61(47)32-36)45(34)29-40-18-17-39(37-12-6-3-7-13-37)30-48(57(56,52(40)44)55(63)64-49)58(56)46-16-8-14-38(15-9-25-59)50(46)54(62)65-58/h8,14,16-18,22,34-37,39-40,42-43,45,47-48,51H,2-7,9-13,15,19-21,23-33,59H2,1H3/b18-17-,49-22-/t34-,36+,39-,40-,42-,43+,45+,47+,48+,51+,56-,57-,58-/m1/s1. The molecule has 12 bridgehead atoms. The number of hydrogen-bond donors (Lipinski definition) is 1. The number of nitrogens with zero attached hydrogens (tertiary/aromatic N) is 2. The van der Waals surface area contributed by atoms with Crippen LogP contribution < -0.4 is 5.73 Å². The number of carbonyl (C=O) groups is 2. The minimum Gasteiger partial charge on any atom is -0.449 e. The Morgan fingerprint density at radius 2 is 1.74 bits per heavy atom. The van der Waals surface area contributed by atoms with E-state index in [9.17, 15) is 0 Å². The Morgan fingerprint density at radius 1 is 0.892 bits per heavy atom. The number of fused-ring (bicyclic) bond motifs is 3. The highest BCUT2D eigenvalue weighted by molar-refractivity contribution is 6.00. The molecule has 7 aliphatic carbocycles. The van der Waals surface area contributed by atoms with Crippen LogP contribution in [0, 0.1) is 70.0 Å². The smallest absolute Gasteiger partial charge is 0.339 e. The fraction of sp³-hybridized carbons (Fsp3) is 0.724. The van der Waals surface area contributed by atoms with Gasteiger partial charge in [0.1, 0.15) is 11.2 Å². The quantitative estimate of drug-likeness (QED) is 0.225. The molecule has 9 heterocycles. The van der Waals surface area contributed by atoms with Crippen molar-refractivity contribution in [2.45, 2.75) is 166 Å². The highest BCUT2D eigenvalue weighted by Gasteiger charge is 2.93. The largest absolute Gasteiger partial charge is 0.449 e. The first kappa shape index (κ1) is 40.9. The van der Waals surface area contributed by atoms with Crippen molar-refractivity contribution in [3.05, 3.63) is 81.3 Å². The first-order valence-corrected chi connectivity index (χ1v) is 27.5. The summed E-state index contributed by atoms with van der Waals surface area (Å²) >= 11 is 0. The fourth-order valence-corrected chi connectivity index (χ4v) is 19.7. The molecule has 9 aliphatic heterocycles. The predicted molar refractivity (Wildman–Crippen MR) is 252 cm³/mol. The van der Waals surface area contributed by atoms with E-state index in [2.05, 4.69) is 53.2 Å². The number of piperidine rings is 2. The van der Waals surface area contributed by atoms with Gasteiger partial charge in [-0.15, -0.1) is 0 Å². The number of aryl methyl sites for hydroxylation is 1. The zero-order valence-corrected chi connectivity index (χ0v) is 39.4. The lowest BCUT2D eigenvalue weighted by atomic mass is 9.27. The van der Waals surface area contributed by atoms with Crippen LogP contribution in [-0.4, -0.2) is 60.0 Å². The summed E-state index contributed by atoms with van der Waals surface area (Å²) in [6.07, 6.45) is 33.6. The van der Waals surface area contributed by atoms with E-state index in [1.165, 1.54) is 122 Å². The zero-order chi connectivity index (χ0) is 43.4. The van der Waals surface area contributed by atoms with Gasteiger partial charge in [0.05, 0.1) is 11.0 Å². The maximum Gasteiger partial charge on any atom is 0.339 e. The third kappa shape index (κ3) is 5.33. The molecule has 0 aromatic heterocycles. The summed E-state index contributed by atoms with van der Waals surface area (Å²) in [5, 5.41) is 0. The van der Waals surface area contributed by atoms with Crippen LogP contribution in [0.5, 0.6) is 0 Å². The Labute approximate surface area is 388 Å². The van der Waals surface area contributed by atoms with Gasteiger partial charge in [-0.05, 0) is 161 Å². The topological polar surface area (TPSA) is 85.1 Å². The SMILES string of the molecule is C[C@@H]1CC2=C3[C@H]4C5=C6[C@H](/C=C\[C@@H](C7CCCCC7)C[C@H]7[C@]68C(=O)O/C(=C\C[C@@H](CC6CCCCC6)N6C[C@@H]9C[C@H](C6)[C@H](CC2)N3C9)[C@@]8(CC5)[C@]72OC(=O)c3c(CCCN)cccc32)C[C@H]41. The van der Waals surface area contributed by atoms with Crippen molar-refractivity contribution >= 4 is 11.9 Å². The lowest BCUT2D eigenvalue weighted by molar-refractivity contribution is -0.282. The predicted octanol–water partition coefficient (Wildman–Crippen LogP) is 10.9. The average molecular weight is 878 g/mol.